The van der Waals surface area contributed by atoms with Crippen LogP contribution in [0.5, 0.6) is 5.75 Å². The highest BCUT2D eigenvalue weighted by Gasteiger charge is 2.12. The Morgan fingerprint density at radius 1 is 1.17 bits per heavy atom. The third-order valence-electron chi connectivity index (χ3n) is 3.38. The minimum Gasteiger partial charge on any atom is -0.495 e. The van der Waals surface area contributed by atoms with Crippen molar-refractivity contribution in [2.45, 2.75) is 13.8 Å². The summed E-state index contributed by atoms with van der Waals surface area (Å²) >= 11 is 0. The second kappa shape index (κ2) is 7.35. The molecule has 2 aromatic carbocycles. The third kappa shape index (κ3) is 4.48. The lowest BCUT2D eigenvalue weighted by molar-refractivity contribution is 0.102. The Kier molecular flexibility index (Phi) is 5.46. The molecule has 6 nitrogen and oxygen atoms in total. The number of ether oxygens (including phenoxy) is 1. The van der Waals surface area contributed by atoms with Crippen LogP contribution in [-0.2, 0) is 10.0 Å². The summed E-state index contributed by atoms with van der Waals surface area (Å²) in [5.74, 6) is 0.164. The molecule has 2 aromatic rings. The predicted molar refractivity (Wildman–Crippen MR) is 95.2 cm³/mol. The van der Waals surface area contributed by atoms with Gasteiger partial charge >= 0.3 is 0 Å². The molecule has 0 spiro atoms. The summed E-state index contributed by atoms with van der Waals surface area (Å²) in [6, 6.07) is 11.8. The summed E-state index contributed by atoms with van der Waals surface area (Å²) in [5, 5.41) is 2.78. The average molecular weight is 348 g/mol. The summed E-state index contributed by atoms with van der Waals surface area (Å²) in [5.41, 5.74) is 2.23. The summed E-state index contributed by atoms with van der Waals surface area (Å²) in [6.45, 7) is 3.46. The number of rotatable bonds is 6. The zero-order valence-electron chi connectivity index (χ0n) is 13.8. The standard InChI is InChI=1S/C17H20N2O4S/c1-4-24(21,22)19-14-7-5-6-13(11-14)17(20)18-15-10-12(2)8-9-16(15)23-3/h5-11,19H,4H2,1-3H3,(H,18,20). The van der Waals surface area contributed by atoms with Crippen molar-refractivity contribution in [2.24, 2.45) is 0 Å². The second-order valence-electron chi connectivity index (χ2n) is 5.24. The van der Waals surface area contributed by atoms with Crippen molar-refractivity contribution in [2.75, 3.05) is 22.9 Å². The van der Waals surface area contributed by atoms with Crippen LogP contribution in [0.4, 0.5) is 11.4 Å². The molecule has 0 unspecified atom stereocenters. The summed E-state index contributed by atoms with van der Waals surface area (Å²) < 4.78 is 30.9. The van der Waals surface area contributed by atoms with E-state index in [1.165, 1.54) is 13.2 Å². The fourth-order valence-corrected chi connectivity index (χ4v) is 2.72. The van der Waals surface area contributed by atoms with E-state index >= 15 is 0 Å². The first-order valence-electron chi connectivity index (χ1n) is 7.41. The van der Waals surface area contributed by atoms with Crippen LogP contribution in [0.25, 0.3) is 0 Å². The highest BCUT2D eigenvalue weighted by atomic mass is 32.2. The maximum absolute atomic E-state index is 12.4. The lowest BCUT2D eigenvalue weighted by Gasteiger charge is -2.12. The molecule has 0 radical (unpaired) electrons. The van der Waals surface area contributed by atoms with Gasteiger partial charge in [0.05, 0.1) is 18.6 Å². The van der Waals surface area contributed by atoms with Gasteiger partial charge in [-0.3, -0.25) is 9.52 Å². The van der Waals surface area contributed by atoms with Gasteiger partial charge in [0.15, 0.2) is 0 Å². The Hall–Kier alpha value is -2.54. The smallest absolute Gasteiger partial charge is 0.255 e. The monoisotopic (exact) mass is 348 g/mol. The van der Waals surface area contributed by atoms with Gasteiger partial charge in [0.1, 0.15) is 5.75 Å². The molecule has 0 fully saturated rings. The lowest BCUT2D eigenvalue weighted by Crippen LogP contribution is -2.16. The summed E-state index contributed by atoms with van der Waals surface area (Å²) in [6.07, 6.45) is 0. The highest BCUT2D eigenvalue weighted by molar-refractivity contribution is 7.92. The molecule has 0 aliphatic heterocycles. The van der Waals surface area contributed by atoms with E-state index in [2.05, 4.69) is 10.0 Å². The quantitative estimate of drug-likeness (QED) is 0.840. The first-order chi connectivity index (χ1) is 11.3. The van der Waals surface area contributed by atoms with Crippen LogP contribution in [0.2, 0.25) is 0 Å². The Bertz CT molecular complexity index is 847. The van der Waals surface area contributed by atoms with Crippen LogP contribution in [0, 0.1) is 6.92 Å². The summed E-state index contributed by atoms with van der Waals surface area (Å²) in [4.78, 5) is 12.4. The molecule has 0 saturated carbocycles. The Labute approximate surface area is 141 Å². The van der Waals surface area contributed by atoms with Gasteiger partial charge in [0, 0.05) is 11.3 Å². The molecule has 2 N–H and O–H groups in total. The van der Waals surface area contributed by atoms with Gasteiger partial charge < -0.3 is 10.1 Å². The van der Waals surface area contributed by atoms with E-state index in [9.17, 15) is 13.2 Å². The SMILES string of the molecule is CCS(=O)(=O)Nc1cccc(C(=O)Nc2cc(C)ccc2OC)c1. The minimum atomic E-state index is -3.39. The van der Waals surface area contributed by atoms with Crippen molar-refractivity contribution < 1.29 is 17.9 Å². The molecule has 0 bridgehead atoms. The number of anilines is 2. The van der Waals surface area contributed by atoms with Gasteiger partial charge in [-0.25, -0.2) is 8.42 Å². The van der Waals surface area contributed by atoms with E-state index in [4.69, 9.17) is 4.74 Å². The van der Waals surface area contributed by atoms with E-state index in [0.29, 0.717) is 22.7 Å². The fourth-order valence-electron chi connectivity index (χ4n) is 2.09. The summed E-state index contributed by atoms with van der Waals surface area (Å²) in [7, 11) is -1.86. The van der Waals surface area contributed by atoms with E-state index in [1.54, 1.807) is 37.3 Å². The number of amides is 1. The predicted octanol–water partition coefficient (Wildman–Crippen LogP) is 3.02. The zero-order valence-corrected chi connectivity index (χ0v) is 14.6. The van der Waals surface area contributed by atoms with Crippen molar-refractivity contribution in [3.63, 3.8) is 0 Å². The molecule has 0 atom stereocenters. The molecule has 1 amide bonds. The lowest BCUT2D eigenvalue weighted by atomic mass is 10.1. The van der Waals surface area contributed by atoms with Gasteiger partial charge in [-0.05, 0) is 49.7 Å². The maximum atomic E-state index is 12.4. The molecule has 0 heterocycles. The number of carbonyl (C=O) groups is 1. The van der Waals surface area contributed by atoms with Crippen LogP contribution >= 0.6 is 0 Å². The Balaban J connectivity index is 2.23. The zero-order chi connectivity index (χ0) is 17.7. The van der Waals surface area contributed by atoms with E-state index in [0.717, 1.165) is 5.56 Å². The number of carbonyl (C=O) groups excluding carboxylic acids is 1. The van der Waals surface area contributed by atoms with Crippen molar-refractivity contribution in [1.29, 1.82) is 0 Å². The average Bonchev–Trinajstić information content (AvgIpc) is 2.55. The molecule has 0 aliphatic rings. The molecule has 24 heavy (non-hydrogen) atoms. The van der Waals surface area contributed by atoms with Gasteiger partial charge in [-0.1, -0.05) is 12.1 Å². The number of sulfonamides is 1. The number of hydrogen-bond acceptors (Lipinski definition) is 4. The van der Waals surface area contributed by atoms with Crippen LogP contribution < -0.4 is 14.8 Å². The first-order valence-corrected chi connectivity index (χ1v) is 9.06. The first kappa shape index (κ1) is 17.8. The van der Waals surface area contributed by atoms with Crippen LogP contribution in [0.1, 0.15) is 22.8 Å². The molecule has 0 aliphatic carbocycles. The van der Waals surface area contributed by atoms with Crippen LogP contribution in [0.15, 0.2) is 42.5 Å². The molecular weight excluding hydrogens is 328 g/mol. The van der Waals surface area contributed by atoms with Gasteiger partial charge in [-0.15, -0.1) is 0 Å². The molecular formula is C17H20N2O4S. The van der Waals surface area contributed by atoms with Crippen LogP contribution in [-0.4, -0.2) is 27.2 Å². The number of hydrogen-bond donors (Lipinski definition) is 2. The van der Waals surface area contributed by atoms with Gasteiger partial charge in [-0.2, -0.15) is 0 Å². The number of aryl methyl sites for hydroxylation is 1. The van der Waals surface area contributed by atoms with Crippen molar-refractivity contribution in [3.05, 3.63) is 53.6 Å². The minimum absolute atomic E-state index is 0.0378. The largest absolute Gasteiger partial charge is 0.495 e. The van der Waals surface area contributed by atoms with Crippen molar-refractivity contribution >= 4 is 27.3 Å². The highest BCUT2D eigenvalue weighted by Crippen LogP contribution is 2.26. The number of nitrogens with one attached hydrogen (secondary N) is 2. The van der Waals surface area contributed by atoms with Gasteiger partial charge in [0.2, 0.25) is 10.0 Å². The normalized spacial score (nSPS) is 11.0. The van der Waals surface area contributed by atoms with E-state index < -0.39 is 10.0 Å². The van der Waals surface area contributed by atoms with Gasteiger partial charge in [0.25, 0.3) is 5.91 Å². The molecule has 7 heteroatoms. The van der Waals surface area contributed by atoms with E-state index in [-0.39, 0.29) is 11.7 Å². The second-order valence-corrected chi connectivity index (χ2v) is 7.26. The molecule has 0 aromatic heterocycles. The fraction of sp³-hybridized carbons (Fsp3) is 0.235. The maximum Gasteiger partial charge on any atom is 0.255 e. The number of benzene rings is 2. The molecule has 0 saturated heterocycles. The van der Waals surface area contributed by atoms with Crippen LogP contribution in [0.3, 0.4) is 0 Å². The topological polar surface area (TPSA) is 84.5 Å². The Morgan fingerprint density at radius 3 is 2.58 bits per heavy atom. The van der Waals surface area contributed by atoms with Crippen molar-refractivity contribution in [1.82, 2.24) is 0 Å². The molecule has 128 valence electrons. The molecule has 2 rings (SSSR count). The van der Waals surface area contributed by atoms with Crippen molar-refractivity contribution in [3.8, 4) is 5.75 Å². The number of methoxy groups -OCH3 is 1. The third-order valence-corrected chi connectivity index (χ3v) is 4.69. The Morgan fingerprint density at radius 2 is 1.92 bits per heavy atom. The van der Waals surface area contributed by atoms with E-state index in [1.807, 2.05) is 13.0 Å².